The molecule has 0 bridgehead atoms. The Morgan fingerprint density at radius 2 is 2.11 bits per heavy atom. The topological polar surface area (TPSA) is 49.5 Å². The van der Waals surface area contributed by atoms with Gasteiger partial charge in [0.2, 0.25) is 0 Å². The molecule has 1 aromatic heterocycles. The fraction of sp³-hybridized carbons (Fsp3) is 0.438. The highest BCUT2D eigenvalue weighted by Crippen LogP contribution is 2.16. The minimum atomic E-state index is 0.0658. The first-order valence-electron chi connectivity index (χ1n) is 7.19. The Morgan fingerprint density at radius 1 is 1.32 bits per heavy atom. The summed E-state index contributed by atoms with van der Waals surface area (Å²) in [5.41, 5.74) is 3.05. The minimum Gasteiger partial charge on any atom is -0.340 e. The number of hydrogen-bond acceptors (Lipinski definition) is 1. The summed E-state index contributed by atoms with van der Waals surface area (Å²) in [5.74, 6) is 0. The molecule has 3 N–H and O–H groups in total. The zero-order valence-electron chi connectivity index (χ0n) is 11.4. The van der Waals surface area contributed by atoms with Crippen LogP contribution in [0, 0.1) is 6.92 Å². The van der Waals surface area contributed by atoms with Crippen LogP contribution in [-0.4, -0.2) is 11.0 Å². The van der Waals surface area contributed by atoms with Gasteiger partial charge in [0.25, 0.3) is 5.56 Å². The van der Waals surface area contributed by atoms with Crippen molar-refractivity contribution in [1.82, 2.24) is 4.98 Å². The molecule has 19 heavy (non-hydrogen) atoms. The van der Waals surface area contributed by atoms with Gasteiger partial charge in [-0.05, 0) is 49.6 Å². The molecule has 1 aliphatic rings. The van der Waals surface area contributed by atoms with Crippen LogP contribution in [0.3, 0.4) is 0 Å². The molecule has 0 saturated heterocycles. The quantitative estimate of drug-likeness (QED) is 0.866. The van der Waals surface area contributed by atoms with Crippen molar-refractivity contribution in [3.8, 4) is 0 Å². The van der Waals surface area contributed by atoms with Crippen molar-refractivity contribution in [1.29, 1.82) is 0 Å². The van der Waals surface area contributed by atoms with Gasteiger partial charge in [0.15, 0.2) is 0 Å². The maximum Gasteiger partial charge on any atom is 0.257 e. The first-order valence-corrected chi connectivity index (χ1v) is 7.19. The second-order valence-electron chi connectivity index (χ2n) is 5.65. The number of aromatic amines is 1. The lowest BCUT2D eigenvalue weighted by Gasteiger charge is -2.09. The van der Waals surface area contributed by atoms with E-state index in [1.165, 1.54) is 25.7 Å². The predicted molar refractivity (Wildman–Crippen MR) is 77.2 cm³/mol. The van der Waals surface area contributed by atoms with E-state index in [2.05, 4.69) is 16.4 Å². The Balaban J connectivity index is 1.87. The highest BCUT2D eigenvalue weighted by atomic mass is 16.1. The van der Waals surface area contributed by atoms with Crippen LogP contribution in [0.25, 0.3) is 10.9 Å². The third-order valence-corrected chi connectivity index (χ3v) is 4.24. The number of benzene rings is 1. The average molecular weight is 257 g/mol. The van der Waals surface area contributed by atoms with E-state index in [1.807, 2.05) is 25.1 Å². The summed E-state index contributed by atoms with van der Waals surface area (Å²) in [7, 11) is 0. The molecule has 1 fully saturated rings. The fourth-order valence-electron chi connectivity index (χ4n) is 3.07. The van der Waals surface area contributed by atoms with E-state index in [4.69, 9.17) is 0 Å². The number of rotatable bonds is 3. The summed E-state index contributed by atoms with van der Waals surface area (Å²) in [4.78, 5) is 15.1. The third-order valence-electron chi connectivity index (χ3n) is 4.24. The molecule has 3 nitrogen and oxygen atoms in total. The van der Waals surface area contributed by atoms with Gasteiger partial charge in [-0.15, -0.1) is 0 Å². The lowest BCUT2D eigenvalue weighted by Crippen LogP contribution is -2.88. The molecule has 0 spiro atoms. The van der Waals surface area contributed by atoms with Crippen molar-refractivity contribution in [2.45, 2.75) is 45.2 Å². The van der Waals surface area contributed by atoms with Gasteiger partial charge in [-0.1, -0.05) is 18.2 Å². The summed E-state index contributed by atoms with van der Waals surface area (Å²) in [6.45, 7) is 2.83. The number of nitrogens with one attached hydrogen (secondary N) is 1. The summed E-state index contributed by atoms with van der Waals surface area (Å²) < 4.78 is 0. The van der Waals surface area contributed by atoms with E-state index >= 15 is 0 Å². The largest absolute Gasteiger partial charge is 0.340 e. The van der Waals surface area contributed by atoms with Gasteiger partial charge in [-0.2, -0.15) is 0 Å². The maximum absolute atomic E-state index is 12.1. The van der Waals surface area contributed by atoms with Crippen LogP contribution >= 0.6 is 0 Å². The minimum absolute atomic E-state index is 0.0658. The van der Waals surface area contributed by atoms with Gasteiger partial charge >= 0.3 is 0 Å². The molecule has 0 unspecified atom stereocenters. The number of hydrogen-bond donors (Lipinski definition) is 2. The first kappa shape index (κ1) is 12.4. The Bertz CT molecular complexity index is 639. The number of H-pyrrole nitrogens is 1. The molecule has 2 aromatic rings. The molecular weight excluding hydrogens is 236 g/mol. The standard InChI is InChI=1S/C16H20N2O/c1-11-5-4-6-12-9-13(16(19)18-15(11)12)10-17-14-7-2-3-8-14/h4-6,9,14,17H,2-3,7-8,10H2,1H3,(H,18,19)/p+1. The molecule has 0 radical (unpaired) electrons. The Hall–Kier alpha value is -1.61. The van der Waals surface area contributed by atoms with Gasteiger partial charge < -0.3 is 10.3 Å². The molecule has 0 atom stereocenters. The molecule has 3 rings (SSSR count). The van der Waals surface area contributed by atoms with Crippen LogP contribution in [0.5, 0.6) is 0 Å². The summed E-state index contributed by atoms with van der Waals surface area (Å²) in [6.07, 6.45) is 5.28. The van der Waals surface area contributed by atoms with Gasteiger partial charge in [0.05, 0.1) is 17.1 Å². The van der Waals surface area contributed by atoms with E-state index in [0.717, 1.165) is 28.6 Å². The van der Waals surface area contributed by atoms with Gasteiger partial charge in [0.1, 0.15) is 6.54 Å². The van der Waals surface area contributed by atoms with E-state index < -0.39 is 0 Å². The van der Waals surface area contributed by atoms with Gasteiger partial charge in [0, 0.05) is 0 Å². The molecular formula is C16H21N2O+. The summed E-state index contributed by atoms with van der Waals surface area (Å²) in [5, 5.41) is 3.47. The van der Waals surface area contributed by atoms with E-state index in [-0.39, 0.29) is 5.56 Å². The van der Waals surface area contributed by atoms with Crippen molar-refractivity contribution in [3.63, 3.8) is 0 Å². The van der Waals surface area contributed by atoms with Crippen molar-refractivity contribution in [3.05, 3.63) is 45.7 Å². The molecule has 1 aromatic carbocycles. The summed E-state index contributed by atoms with van der Waals surface area (Å²) >= 11 is 0. The number of aromatic nitrogens is 1. The lowest BCUT2D eigenvalue weighted by molar-refractivity contribution is -0.703. The normalized spacial score (nSPS) is 16.3. The number of fused-ring (bicyclic) bond motifs is 1. The van der Waals surface area contributed by atoms with Gasteiger partial charge in [-0.25, -0.2) is 0 Å². The molecule has 0 aliphatic heterocycles. The number of aryl methyl sites for hydroxylation is 1. The monoisotopic (exact) mass is 257 g/mol. The third kappa shape index (κ3) is 2.56. The van der Waals surface area contributed by atoms with Crippen molar-refractivity contribution in [2.75, 3.05) is 0 Å². The molecule has 1 saturated carbocycles. The van der Waals surface area contributed by atoms with E-state index in [1.54, 1.807) is 0 Å². The molecule has 1 aliphatic carbocycles. The lowest BCUT2D eigenvalue weighted by atomic mass is 10.1. The highest BCUT2D eigenvalue weighted by Gasteiger charge is 2.18. The van der Waals surface area contributed by atoms with Crippen molar-refractivity contribution < 1.29 is 5.32 Å². The van der Waals surface area contributed by atoms with Crippen molar-refractivity contribution >= 4 is 10.9 Å². The predicted octanol–water partition coefficient (Wildman–Crippen LogP) is 1.84. The maximum atomic E-state index is 12.1. The van der Waals surface area contributed by atoms with Crippen LogP contribution in [0.4, 0.5) is 0 Å². The summed E-state index contributed by atoms with van der Waals surface area (Å²) in [6, 6.07) is 8.90. The van der Waals surface area contributed by atoms with Crippen LogP contribution < -0.4 is 10.9 Å². The Morgan fingerprint density at radius 3 is 2.89 bits per heavy atom. The number of nitrogens with two attached hydrogens (primary N) is 1. The second kappa shape index (κ2) is 5.17. The Labute approximate surface area is 113 Å². The van der Waals surface area contributed by atoms with E-state index in [9.17, 15) is 4.79 Å². The highest BCUT2D eigenvalue weighted by molar-refractivity contribution is 5.81. The molecule has 0 amide bonds. The van der Waals surface area contributed by atoms with Crippen LogP contribution in [-0.2, 0) is 6.54 Å². The number of pyridine rings is 1. The molecule has 1 heterocycles. The van der Waals surface area contributed by atoms with Crippen LogP contribution in [0.2, 0.25) is 0 Å². The molecule has 3 heteroatoms. The molecule has 100 valence electrons. The SMILES string of the molecule is Cc1cccc2cc(C[NH2+]C3CCCC3)c(=O)[nH]c12. The van der Waals surface area contributed by atoms with Crippen LogP contribution in [0.15, 0.2) is 29.1 Å². The van der Waals surface area contributed by atoms with Crippen molar-refractivity contribution in [2.24, 2.45) is 0 Å². The number of para-hydroxylation sites is 1. The van der Waals surface area contributed by atoms with Crippen LogP contribution in [0.1, 0.15) is 36.8 Å². The zero-order chi connectivity index (χ0) is 13.2. The zero-order valence-corrected chi connectivity index (χ0v) is 11.4. The smallest absolute Gasteiger partial charge is 0.257 e. The fourth-order valence-corrected chi connectivity index (χ4v) is 3.07. The Kier molecular flexibility index (Phi) is 3.38. The average Bonchev–Trinajstić information content (AvgIpc) is 2.91. The van der Waals surface area contributed by atoms with E-state index in [0.29, 0.717) is 6.04 Å². The van der Waals surface area contributed by atoms with Gasteiger partial charge in [-0.3, -0.25) is 4.79 Å². The second-order valence-corrected chi connectivity index (χ2v) is 5.65. The number of quaternary nitrogens is 1. The first-order chi connectivity index (χ1) is 9.24.